The zero-order valence-electron chi connectivity index (χ0n) is 9.45. The van der Waals surface area contributed by atoms with Crippen LogP contribution >= 0.6 is 27.5 Å². The number of hydrogen-bond acceptors (Lipinski definition) is 2. The fourth-order valence-corrected chi connectivity index (χ4v) is 2.17. The number of anilines is 1. The van der Waals surface area contributed by atoms with Crippen molar-refractivity contribution in [3.05, 3.63) is 45.9 Å². The van der Waals surface area contributed by atoms with Gasteiger partial charge in [0.15, 0.2) is 0 Å². The molecule has 0 spiro atoms. The highest BCUT2D eigenvalue weighted by Gasteiger charge is 2.03. The second-order valence-electron chi connectivity index (χ2n) is 3.70. The predicted molar refractivity (Wildman–Crippen MR) is 74.6 cm³/mol. The molecular formula is C12H13BrClN3. The fraction of sp³-hybridized carbons (Fsp3) is 0.250. The predicted octanol–water partition coefficient (Wildman–Crippen LogP) is 3.72. The summed E-state index contributed by atoms with van der Waals surface area (Å²) in [7, 11) is 0. The summed E-state index contributed by atoms with van der Waals surface area (Å²) in [5, 5.41) is 4.06. The van der Waals surface area contributed by atoms with Crippen molar-refractivity contribution in [2.75, 3.05) is 11.9 Å². The Balaban J connectivity index is 1.95. The van der Waals surface area contributed by atoms with Crippen molar-refractivity contribution in [2.24, 2.45) is 0 Å². The van der Waals surface area contributed by atoms with Crippen LogP contribution in [0, 0.1) is 6.92 Å². The Kier molecular flexibility index (Phi) is 4.07. The standard InChI is InChI=1S/C12H13BrClN3/c1-9-15-5-7-17(9)8-6-16-11-4-2-3-10(14)12(11)13/h2-5,7,16H,6,8H2,1H3. The summed E-state index contributed by atoms with van der Waals surface area (Å²) < 4.78 is 3.01. The lowest BCUT2D eigenvalue weighted by atomic mass is 10.3. The molecule has 0 aliphatic carbocycles. The van der Waals surface area contributed by atoms with E-state index in [0.717, 1.165) is 29.1 Å². The molecule has 1 aromatic carbocycles. The quantitative estimate of drug-likeness (QED) is 0.932. The van der Waals surface area contributed by atoms with Crippen LogP contribution in [0.2, 0.25) is 5.02 Å². The summed E-state index contributed by atoms with van der Waals surface area (Å²) in [6.45, 7) is 3.70. The van der Waals surface area contributed by atoms with Gasteiger partial charge in [-0.2, -0.15) is 0 Å². The summed E-state index contributed by atoms with van der Waals surface area (Å²) in [4.78, 5) is 4.18. The molecule has 17 heavy (non-hydrogen) atoms. The first-order valence-electron chi connectivity index (χ1n) is 5.34. The zero-order valence-corrected chi connectivity index (χ0v) is 11.8. The molecule has 1 N–H and O–H groups in total. The summed E-state index contributed by atoms with van der Waals surface area (Å²) in [5.41, 5.74) is 1.01. The van der Waals surface area contributed by atoms with Crippen molar-refractivity contribution in [1.82, 2.24) is 9.55 Å². The van der Waals surface area contributed by atoms with E-state index in [0.29, 0.717) is 5.02 Å². The van der Waals surface area contributed by atoms with E-state index < -0.39 is 0 Å². The molecule has 0 fully saturated rings. The molecule has 0 aliphatic rings. The molecular weight excluding hydrogens is 302 g/mol. The Bertz CT molecular complexity index is 510. The number of nitrogens with zero attached hydrogens (tertiary/aromatic N) is 2. The molecule has 90 valence electrons. The number of benzene rings is 1. The number of nitrogens with one attached hydrogen (secondary N) is 1. The molecule has 0 saturated carbocycles. The molecule has 0 bridgehead atoms. The Morgan fingerprint density at radius 3 is 3.00 bits per heavy atom. The van der Waals surface area contributed by atoms with Crippen molar-refractivity contribution in [2.45, 2.75) is 13.5 Å². The van der Waals surface area contributed by atoms with Gasteiger partial charge in [-0.3, -0.25) is 0 Å². The van der Waals surface area contributed by atoms with Gasteiger partial charge in [-0.05, 0) is 35.0 Å². The Morgan fingerprint density at radius 1 is 1.47 bits per heavy atom. The molecule has 1 heterocycles. The highest BCUT2D eigenvalue weighted by molar-refractivity contribution is 9.10. The third kappa shape index (κ3) is 3.01. The SMILES string of the molecule is Cc1nccn1CCNc1cccc(Cl)c1Br. The van der Waals surface area contributed by atoms with E-state index in [-0.39, 0.29) is 0 Å². The van der Waals surface area contributed by atoms with Crippen LogP contribution < -0.4 is 5.32 Å². The first-order chi connectivity index (χ1) is 8.18. The minimum Gasteiger partial charge on any atom is -0.382 e. The topological polar surface area (TPSA) is 29.9 Å². The van der Waals surface area contributed by atoms with E-state index in [9.17, 15) is 0 Å². The van der Waals surface area contributed by atoms with Gasteiger partial charge in [0.25, 0.3) is 0 Å². The molecule has 2 rings (SSSR count). The maximum absolute atomic E-state index is 6.02. The lowest BCUT2D eigenvalue weighted by Gasteiger charge is -2.10. The van der Waals surface area contributed by atoms with Crippen molar-refractivity contribution < 1.29 is 0 Å². The van der Waals surface area contributed by atoms with Crippen LogP contribution in [0.1, 0.15) is 5.82 Å². The number of rotatable bonds is 4. The minimum absolute atomic E-state index is 0.716. The average Bonchev–Trinajstić information content (AvgIpc) is 2.71. The molecule has 0 aliphatic heterocycles. The molecule has 1 aromatic heterocycles. The van der Waals surface area contributed by atoms with Gasteiger partial charge in [-0.25, -0.2) is 4.98 Å². The van der Waals surface area contributed by atoms with E-state index in [1.807, 2.05) is 37.5 Å². The average molecular weight is 315 g/mol. The van der Waals surface area contributed by atoms with E-state index in [4.69, 9.17) is 11.6 Å². The van der Waals surface area contributed by atoms with Gasteiger partial charge in [0.1, 0.15) is 5.82 Å². The Hall–Kier alpha value is -1.000. The number of hydrogen-bond donors (Lipinski definition) is 1. The van der Waals surface area contributed by atoms with Crippen molar-refractivity contribution >= 4 is 33.2 Å². The van der Waals surface area contributed by atoms with Crippen molar-refractivity contribution in [1.29, 1.82) is 0 Å². The lowest BCUT2D eigenvalue weighted by molar-refractivity contribution is 0.701. The number of aryl methyl sites for hydroxylation is 1. The van der Waals surface area contributed by atoms with Gasteiger partial charge in [0, 0.05) is 25.5 Å². The first-order valence-corrected chi connectivity index (χ1v) is 6.51. The molecule has 0 amide bonds. The molecule has 5 heteroatoms. The summed E-state index contributed by atoms with van der Waals surface area (Å²) in [5.74, 6) is 1.02. The molecule has 0 radical (unpaired) electrons. The van der Waals surface area contributed by atoms with Crippen molar-refractivity contribution in [3.8, 4) is 0 Å². The highest BCUT2D eigenvalue weighted by Crippen LogP contribution is 2.29. The maximum atomic E-state index is 6.02. The van der Waals surface area contributed by atoms with Gasteiger partial charge in [-0.15, -0.1) is 0 Å². The monoisotopic (exact) mass is 313 g/mol. The highest BCUT2D eigenvalue weighted by atomic mass is 79.9. The fourth-order valence-electron chi connectivity index (χ4n) is 1.59. The third-order valence-electron chi connectivity index (χ3n) is 2.54. The van der Waals surface area contributed by atoms with Gasteiger partial charge in [0.05, 0.1) is 15.2 Å². The lowest BCUT2D eigenvalue weighted by Crippen LogP contribution is -2.11. The molecule has 0 unspecified atom stereocenters. The minimum atomic E-state index is 0.716. The van der Waals surface area contributed by atoms with Crippen molar-refractivity contribution in [3.63, 3.8) is 0 Å². The smallest absolute Gasteiger partial charge is 0.105 e. The van der Waals surface area contributed by atoms with Crippen LogP contribution in [0.3, 0.4) is 0 Å². The Labute approximate surface area is 114 Å². The second-order valence-corrected chi connectivity index (χ2v) is 4.90. The normalized spacial score (nSPS) is 10.5. The number of imidazole rings is 1. The third-order valence-corrected chi connectivity index (χ3v) is 3.94. The van der Waals surface area contributed by atoms with E-state index >= 15 is 0 Å². The number of aromatic nitrogens is 2. The van der Waals surface area contributed by atoms with Crippen LogP contribution in [0.4, 0.5) is 5.69 Å². The summed E-state index contributed by atoms with van der Waals surface area (Å²) >= 11 is 9.48. The zero-order chi connectivity index (χ0) is 12.3. The number of halogens is 2. The molecule has 0 saturated heterocycles. The maximum Gasteiger partial charge on any atom is 0.105 e. The van der Waals surface area contributed by atoms with E-state index in [1.165, 1.54) is 0 Å². The van der Waals surface area contributed by atoms with Gasteiger partial charge >= 0.3 is 0 Å². The van der Waals surface area contributed by atoms with Crippen LogP contribution in [0.5, 0.6) is 0 Å². The largest absolute Gasteiger partial charge is 0.382 e. The van der Waals surface area contributed by atoms with Crippen LogP contribution in [-0.4, -0.2) is 16.1 Å². The van der Waals surface area contributed by atoms with Gasteiger partial charge in [0.2, 0.25) is 0 Å². The molecule has 3 nitrogen and oxygen atoms in total. The van der Waals surface area contributed by atoms with Crippen LogP contribution in [0.15, 0.2) is 35.1 Å². The molecule has 0 atom stereocenters. The van der Waals surface area contributed by atoms with Crippen LogP contribution in [0.25, 0.3) is 0 Å². The van der Waals surface area contributed by atoms with E-state index in [2.05, 4.69) is 30.8 Å². The van der Waals surface area contributed by atoms with Crippen LogP contribution in [-0.2, 0) is 6.54 Å². The Morgan fingerprint density at radius 2 is 2.29 bits per heavy atom. The van der Waals surface area contributed by atoms with E-state index in [1.54, 1.807) is 0 Å². The molecule has 2 aromatic rings. The van der Waals surface area contributed by atoms with Gasteiger partial charge in [-0.1, -0.05) is 17.7 Å². The summed E-state index contributed by atoms with van der Waals surface area (Å²) in [6, 6.07) is 5.78. The first kappa shape index (κ1) is 12.5. The summed E-state index contributed by atoms with van der Waals surface area (Å²) in [6.07, 6.45) is 3.79. The van der Waals surface area contributed by atoms with Gasteiger partial charge < -0.3 is 9.88 Å². The second kappa shape index (κ2) is 5.56.